The minimum Gasteiger partial charge on any atom is -0.493 e. The fourth-order valence-corrected chi connectivity index (χ4v) is 3.71. The molecule has 0 bridgehead atoms. The largest absolute Gasteiger partial charge is 0.493 e. The number of aromatic nitrogens is 2. The normalized spacial score (nSPS) is 11.1. The number of methoxy groups -OCH3 is 3. The Morgan fingerprint density at radius 3 is 2.38 bits per heavy atom. The van der Waals surface area contributed by atoms with Crippen LogP contribution in [0, 0.1) is 0 Å². The molecule has 0 fully saturated rings. The molecule has 1 aromatic heterocycles. The molecule has 0 saturated carbocycles. The second kappa shape index (κ2) is 10.9. The number of imidazole rings is 1. The molecular weight excluding hydrogens is 408 g/mol. The maximum absolute atomic E-state index is 12.8. The van der Waals surface area contributed by atoms with E-state index in [2.05, 4.69) is 34.9 Å². The molecule has 2 aromatic carbocycles. The van der Waals surface area contributed by atoms with Crippen molar-refractivity contribution in [3.8, 4) is 17.2 Å². The Bertz CT molecular complexity index is 1040. The molecule has 172 valence electrons. The number of amides is 1. The van der Waals surface area contributed by atoms with Crippen LogP contribution in [0.2, 0.25) is 0 Å². The van der Waals surface area contributed by atoms with Gasteiger partial charge in [-0.1, -0.05) is 12.1 Å². The number of hydrogen-bond donors (Lipinski definition) is 1. The summed E-state index contributed by atoms with van der Waals surface area (Å²) in [6, 6.07) is 11.4. The number of rotatable bonds is 11. The maximum atomic E-state index is 12.8. The lowest BCUT2D eigenvalue weighted by Gasteiger charge is -2.14. The van der Waals surface area contributed by atoms with Crippen molar-refractivity contribution >= 4 is 16.9 Å². The van der Waals surface area contributed by atoms with E-state index in [1.54, 1.807) is 12.1 Å². The number of para-hydroxylation sites is 2. The van der Waals surface area contributed by atoms with Gasteiger partial charge in [0.25, 0.3) is 5.91 Å². The predicted octanol–water partition coefficient (Wildman–Crippen LogP) is 2.99. The fraction of sp³-hybridized carbons (Fsp3) is 0.417. The molecule has 0 aliphatic heterocycles. The summed E-state index contributed by atoms with van der Waals surface area (Å²) >= 11 is 0. The average molecular weight is 441 g/mol. The summed E-state index contributed by atoms with van der Waals surface area (Å²) < 4.78 is 18.3. The molecule has 3 aromatic rings. The highest BCUT2D eigenvalue weighted by Gasteiger charge is 2.17. The van der Waals surface area contributed by atoms with Gasteiger partial charge in [-0.15, -0.1) is 0 Å². The van der Waals surface area contributed by atoms with E-state index in [9.17, 15) is 4.79 Å². The van der Waals surface area contributed by atoms with Crippen molar-refractivity contribution in [2.45, 2.75) is 19.4 Å². The zero-order valence-corrected chi connectivity index (χ0v) is 19.5. The minimum atomic E-state index is -0.209. The summed E-state index contributed by atoms with van der Waals surface area (Å²) in [5, 5.41) is 2.98. The summed E-state index contributed by atoms with van der Waals surface area (Å²) in [6.45, 7) is 2.35. The molecule has 3 rings (SSSR count). The van der Waals surface area contributed by atoms with Gasteiger partial charge in [0.15, 0.2) is 11.5 Å². The van der Waals surface area contributed by atoms with Crippen LogP contribution in [0.25, 0.3) is 11.0 Å². The van der Waals surface area contributed by atoms with E-state index in [0.29, 0.717) is 35.8 Å². The van der Waals surface area contributed by atoms with Crippen molar-refractivity contribution < 1.29 is 19.0 Å². The van der Waals surface area contributed by atoms with Gasteiger partial charge in [0.05, 0.1) is 32.4 Å². The first kappa shape index (κ1) is 23.4. The number of carbonyl (C=O) groups excluding carboxylic acids is 1. The van der Waals surface area contributed by atoms with Gasteiger partial charge in [0.2, 0.25) is 5.75 Å². The Morgan fingerprint density at radius 1 is 1.06 bits per heavy atom. The van der Waals surface area contributed by atoms with Crippen LogP contribution in [0.4, 0.5) is 0 Å². The quantitative estimate of drug-likeness (QED) is 0.494. The van der Waals surface area contributed by atoms with E-state index in [0.717, 1.165) is 36.4 Å². The zero-order valence-electron chi connectivity index (χ0n) is 19.5. The van der Waals surface area contributed by atoms with Gasteiger partial charge in [-0.25, -0.2) is 4.98 Å². The molecule has 8 nitrogen and oxygen atoms in total. The van der Waals surface area contributed by atoms with Crippen LogP contribution < -0.4 is 19.5 Å². The van der Waals surface area contributed by atoms with Gasteiger partial charge in [0.1, 0.15) is 5.82 Å². The van der Waals surface area contributed by atoms with Crippen LogP contribution in [0.15, 0.2) is 36.4 Å². The highest BCUT2D eigenvalue weighted by Crippen LogP contribution is 2.38. The van der Waals surface area contributed by atoms with E-state index in [-0.39, 0.29) is 5.91 Å². The van der Waals surface area contributed by atoms with Gasteiger partial charge in [0, 0.05) is 25.1 Å². The summed E-state index contributed by atoms with van der Waals surface area (Å²) in [5.41, 5.74) is 2.54. The third-order valence-electron chi connectivity index (χ3n) is 5.28. The first-order chi connectivity index (χ1) is 15.5. The zero-order chi connectivity index (χ0) is 23.1. The first-order valence-corrected chi connectivity index (χ1v) is 10.7. The first-order valence-electron chi connectivity index (χ1n) is 10.7. The van der Waals surface area contributed by atoms with Gasteiger partial charge < -0.3 is 29.0 Å². The summed E-state index contributed by atoms with van der Waals surface area (Å²) in [7, 11) is 8.74. The standard InChI is InChI=1S/C24H32N4O4/c1-27(2)13-8-14-28-19-10-7-6-9-18(19)26-22(28)11-12-25-24(29)17-15-20(30-3)23(32-5)21(16-17)31-4/h6-7,9-10,15-16H,8,11-14H2,1-5H3,(H,25,29). The maximum Gasteiger partial charge on any atom is 0.251 e. The van der Waals surface area contributed by atoms with Gasteiger partial charge in [-0.2, -0.15) is 0 Å². The van der Waals surface area contributed by atoms with Crippen molar-refractivity contribution in [1.29, 1.82) is 0 Å². The molecule has 8 heteroatoms. The smallest absolute Gasteiger partial charge is 0.251 e. The third-order valence-corrected chi connectivity index (χ3v) is 5.28. The summed E-state index contributed by atoms with van der Waals surface area (Å²) in [4.78, 5) is 19.8. The van der Waals surface area contributed by atoms with Gasteiger partial charge in [-0.3, -0.25) is 4.79 Å². The number of aryl methyl sites for hydroxylation is 1. The molecule has 1 heterocycles. The molecule has 32 heavy (non-hydrogen) atoms. The molecular formula is C24H32N4O4. The van der Waals surface area contributed by atoms with Crippen LogP contribution in [-0.2, 0) is 13.0 Å². The number of fused-ring (bicyclic) bond motifs is 1. The van der Waals surface area contributed by atoms with Crippen molar-refractivity contribution in [3.63, 3.8) is 0 Å². The van der Waals surface area contributed by atoms with Gasteiger partial charge in [-0.05, 0) is 51.3 Å². The monoisotopic (exact) mass is 440 g/mol. The highest BCUT2D eigenvalue weighted by atomic mass is 16.5. The van der Waals surface area contributed by atoms with Crippen molar-refractivity contribution in [1.82, 2.24) is 19.8 Å². The average Bonchev–Trinajstić information content (AvgIpc) is 3.15. The minimum absolute atomic E-state index is 0.209. The van der Waals surface area contributed by atoms with Crippen LogP contribution in [0.3, 0.4) is 0 Å². The number of ether oxygens (including phenoxy) is 3. The Labute approximate surface area is 189 Å². The second-order valence-corrected chi connectivity index (χ2v) is 7.75. The third kappa shape index (κ3) is 5.31. The Morgan fingerprint density at radius 2 is 1.75 bits per heavy atom. The molecule has 0 spiro atoms. The van der Waals surface area contributed by atoms with E-state index >= 15 is 0 Å². The van der Waals surface area contributed by atoms with Crippen LogP contribution in [0.1, 0.15) is 22.6 Å². The Hall–Kier alpha value is -3.26. The van der Waals surface area contributed by atoms with Gasteiger partial charge >= 0.3 is 0 Å². The molecule has 0 unspecified atom stereocenters. The van der Waals surface area contributed by atoms with E-state index in [4.69, 9.17) is 19.2 Å². The summed E-state index contributed by atoms with van der Waals surface area (Å²) in [6.07, 6.45) is 1.66. The second-order valence-electron chi connectivity index (χ2n) is 7.75. The van der Waals surface area contributed by atoms with Crippen LogP contribution in [-0.4, -0.2) is 68.9 Å². The van der Waals surface area contributed by atoms with E-state index in [1.807, 2.05) is 18.2 Å². The van der Waals surface area contributed by atoms with E-state index in [1.165, 1.54) is 21.3 Å². The van der Waals surface area contributed by atoms with Crippen molar-refractivity contribution in [2.24, 2.45) is 0 Å². The number of nitrogens with zero attached hydrogens (tertiary/aromatic N) is 3. The molecule has 1 N–H and O–H groups in total. The Kier molecular flexibility index (Phi) is 7.94. The SMILES string of the molecule is COc1cc(C(=O)NCCc2nc3ccccc3n2CCCN(C)C)cc(OC)c1OC. The highest BCUT2D eigenvalue weighted by molar-refractivity contribution is 5.95. The molecule has 0 aliphatic rings. The fourth-order valence-electron chi connectivity index (χ4n) is 3.71. The van der Waals surface area contributed by atoms with Crippen molar-refractivity contribution in [3.05, 3.63) is 47.8 Å². The lowest BCUT2D eigenvalue weighted by atomic mass is 10.1. The Balaban J connectivity index is 1.72. The molecule has 0 aliphatic carbocycles. The molecule has 0 saturated heterocycles. The van der Waals surface area contributed by atoms with E-state index < -0.39 is 0 Å². The van der Waals surface area contributed by atoms with Crippen molar-refractivity contribution in [2.75, 3.05) is 48.5 Å². The molecule has 1 amide bonds. The lowest BCUT2D eigenvalue weighted by molar-refractivity contribution is 0.0953. The molecule has 0 radical (unpaired) electrons. The lowest BCUT2D eigenvalue weighted by Crippen LogP contribution is -2.26. The number of hydrogen-bond acceptors (Lipinski definition) is 6. The van der Waals surface area contributed by atoms with Crippen LogP contribution >= 0.6 is 0 Å². The molecule has 0 atom stereocenters. The number of benzene rings is 2. The number of carbonyl (C=O) groups is 1. The number of nitrogens with one attached hydrogen (secondary N) is 1. The van der Waals surface area contributed by atoms with Crippen LogP contribution in [0.5, 0.6) is 17.2 Å². The summed E-state index contributed by atoms with van der Waals surface area (Å²) in [5.74, 6) is 2.10. The topological polar surface area (TPSA) is 77.9 Å². The predicted molar refractivity (Wildman–Crippen MR) is 125 cm³/mol.